The zero-order valence-corrected chi connectivity index (χ0v) is 8.45. The summed E-state index contributed by atoms with van der Waals surface area (Å²) in [5.41, 5.74) is 1.11. The number of nitrogens with zero attached hydrogens (tertiary/aromatic N) is 1. The van der Waals surface area contributed by atoms with Crippen LogP contribution in [0.5, 0.6) is 0 Å². The number of amides is 1. The van der Waals surface area contributed by atoms with E-state index in [4.69, 9.17) is 11.6 Å². The van der Waals surface area contributed by atoms with Gasteiger partial charge in [-0.05, 0) is 24.3 Å². The molecule has 2 N–H and O–H groups in total. The third-order valence-corrected chi connectivity index (χ3v) is 2.10. The summed E-state index contributed by atoms with van der Waals surface area (Å²) in [6.07, 6.45) is 2.92. The van der Waals surface area contributed by atoms with Crippen molar-refractivity contribution in [3.05, 3.63) is 47.5 Å². The van der Waals surface area contributed by atoms with Crippen LogP contribution in [0, 0.1) is 0 Å². The summed E-state index contributed by atoms with van der Waals surface area (Å²) < 4.78 is 0. The van der Waals surface area contributed by atoms with E-state index in [1.165, 1.54) is 12.5 Å². The van der Waals surface area contributed by atoms with Crippen molar-refractivity contribution in [3.63, 3.8) is 0 Å². The quantitative estimate of drug-likeness (QED) is 0.818. The molecule has 1 amide bonds. The molecule has 4 nitrogen and oxygen atoms in total. The number of rotatable bonds is 2. The van der Waals surface area contributed by atoms with Crippen molar-refractivity contribution in [3.8, 4) is 0 Å². The SMILES string of the molecule is O=C(Nc1ccc(Cl)cc1)c1cnc[nH]1. The maximum atomic E-state index is 11.5. The Labute approximate surface area is 91.3 Å². The Morgan fingerprint density at radius 2 is 2.07 bits per heavy atom. The third kappa shape index (κ3) is 2.35. The van der Waals surface area contributed by atoms with Crippen LogP contribution in [0.2, 0.25) is 5.02 Å². The zero-order valence-electron chi connectivity index (χ0n) is 7.70. The van der Waals surface area contributed by atoms with Crippen molar-refractivity contribution in [2.75, 3.05) is 5.32 Å². The molecule has 0 bridgehead atoms. The van der Waals surface area contributed by atoms with Gasteiger partial charge in [0, 0.05) is 10.7 Å². The molecule has 0 unspecified atom stereocenters. The molecular weight excluding hydrogens is 214 g/mol. The van der Waals surface area contributed by atoms with E-state index in [0.717, 1.165) is 0 Å². The van der Waals surface area contributed by atoms with Gasteiger partial charge in [-0.2, -0.15) is 0 Å². The van der Waals surface area contributed by atoms with Crippen LogP contribution in [0.3, 0.4) is 0 Å². The Kier molecular flexibility index (Phi) is 2.69. The van der Waals surface area contributed by atoms with Crippen LogP contribution >= 0.6 is 11.6 Å². The van der Waals surface area contributed by atoms with Gasteiger partial charge in [0.2, 0.25) is 0 Å². The number of H-pyrrole nitrogens is 1. The number of hydrogen-bond acceptors (Lipinski definition) is 2. The third-order valence-electron chi connectivity index (χ3n) is 1.84. The van der Waals surface area contributed by atoms with E-state index in [1.807, 2.05) is 0 Å². The van der Waals surface area contributed by atoms with Crippen molar-refractivity contribution in [2.45, 2.75) is 0 Å². The highest BCUT2D eigenvalue weighted by Gasteiger charge is 2.06. The zero-order chi connectivity index (χ0) is 10.7. The van der Waals surface area contributed by atoms with Gasteiger partial charge < -0.3 is 10.3 Å². The molecule has 1 aromatic carbocycles. The van der Waals surface area contributed by atoms with Crippen LogP contribution in [-0.4, -0.2) is 15.9 Å². The summed E-state index contributed by atoms with van der Waals surface area (Å²) in [6.45, 7) is 0. The molecule has 2 rings (SSSR count). The smallest absolute Gasteiger partial charge is 0.273 e. The molecule has 0 radical (unpaired) electrons. The fourth-order valence-corrected chi connectivity index (χ4v) is 1.24. The molecule has 0 aliphatic rings. The van der Waals surface area contributed by atoms with Gasteiger partial charge in [0.1, 0.15) is 5.69 Å². The van der Waals surface area contributed by atoms with Crippen molar-refractivity contribution in [1.29, 1.82) is 0 Å². The van der Waals surface area contributed by atoms with E-state index in [1.54, 1.807) is 24.3 Å². The first kappa shape index (κ1) is 9.73. The predicted octanol–water partition coefficient (Wildman–Crippen LogP) is 2.32. The Hall–Kier alpha value is -1.81. The lowest BCUT2D eigenvalue weighted by Gasteiger charge is -2.02. The number of benzene rings is 1. The Bertz CT molecular complexity index is 450. The summed E-state index contributed by atoms with van der Waals surface area (Å²) in [6, 6.07) is 6.89. The van der Waals surface area contributed by atoms with E-state index in [9.17, 15) is 4.79 Å². The van der Waals surface area contributed by atoms with Crippen LogP contribution in [-0.2, 0) is 0 Å². The topological polar surface area (TPSA) is 57.8 Å². The summed E-state index contributed by atoms with van der Waals surface area (Å²) in [4.78, 5) is 18.0. The average molecular weight is 222 g/mol. The van der Waals surface area contributed by atoms with E-state index >= 15 is 0 Å². The molecule has 0 spiro atoms. The standard InChI is InChI=1S/C10H8ClN3O/c11-7-1-3-8(4-2-7)14-10(15)9-5-12-6-13-9/h1-6H,(H,12,13)(H,14,15). The molecule has 0 saturated heterocycles. The van der Waals surface area contributed by atoms with Gasteiger partial charge in [-0.3, -0.25) is 4.79 Å². The van der Waals surface area contributed by atoms with Crippen molar-refractivity contribution >= 4 is 23.2 Å². The van der Waals surface area contributed by atoms with E-state index < -0.39 is 0 Å². The van der Waals surface area contributed by atoms with Gasteiger partial charge >= 0.3 is 0 Å². The molecule has 2 aromatic rings. The fraction of sp³-hybridized carbons (Fsp3) is 0. The molecule has 1 heterocycles. The molecule has 0 atom stereocenters. The van der Waals surface area contributed by atoms with Gasteiger partial charge in [-0.15, -0.1) is 0 Å². The molecule has 15 heavy (non-hydrogen) atoms. The Balaban J connectivity index is 2.09. The van der Waals surface area contributed by atoms with Gasteiger partial charge in [-0.25, -0.2) is 4.98 Å². The molecule has 1 aromatic heterocycles. The summed E-state index contributed by atoms with van der Waals surface area (Å²) >= 11 is 5.72. The minimum Gasteiger partial charge on any atom is -0.341 e. The van der Waals surface area contributed by atoms with Gasteiger partial charge in [0.15, 0.2) is 0 Å². The van der Waals surface area contributed by atoms with Crippen LogP contribution in [0.1, 0.15) is 10.5 Å². The minimum atomic E-state index is -0.227. The fourth-order valence-electron chi connectivity index (χ4n) is 1.11. The number of anilines is 1. The molecular formula is C10H8ClN3O. The van der Waals surface area contributed by atoms with Gasteiger partial charge in [0.05, 0.1) is 12.5 Å². The summed E-state index contributed by atoms with van der Waals surface area (Å²) in [7, 11) is 0. The van der Waals surface area contributed by atoms with Crippen molar-refractivity contribution in [1.82, 2.24) is 9.97 Å². The minimum absolute atomic E-state index is 0.227. The maximum absolute atomic E-state index is 11.5. The number of imidazole rings is 1. The highest BCUT2D eigenvalue weighted by molar-refractivity contribution is 6.30. The van der Waals surface area contributed by atoms with Crippen LogP contribution in [0.25, 0.3) is 0 Å². The molecule has 0 fully saturated rings. The Morgan fingerprint density at radius 3 is 2.67 bits per heavy atom. The average Bonchev–Trinajstić information content (AvgIpc) is 2.74. The van der Waals surface area contributed by atoms with Gasteiger partial charge in [0.25, 0.3) is 5.91 Å². The summed E-state index contributed by atoms with van der Waals surface area (Å²) in [5, 5.41) is 3.34. The lowest BCUT2D eigenvalue weighted by Crippen LogP contribution is -2.11. The lowest BCUT2D eigenvalue weighted by atomic mass is 10.3. The number of carbonyl (C=O) groups excluding carboxylic acids is 1. The van der Waals surface area contributed by atoms with Gasteiger partial charge in [-0.1, -0.05) is 11.6 Å². The molecule has 76 valence electrons. The second-order valence-corrected chi connectivity index (χ2v) is 3.36. The van der Waals surface area contributed by atoms with Crippen molar-refractivity contribution in [2.24, 2.45) is 0 Å². The first-order valence-corrected chi connectivity index (χ1v) is 4.69. The van der Waals surface area contributed by atoms with E-state index in [2.05, 4.69) is 15.3 Å². The van der Waals surface area contributed by atoms with Crippen LogP contribution in [0.4, 0.5) is 5.69 Å². The Morgan fingerprint density at radius 1 is 1.33 bits per heavy atom. The number of halogens is 1. The highest BCUT2D eigenvalue weighted by Crippen LogP contribution is 2.13. The largest absolute Gasteiger partial charge is 0.341 e. The number of aromatic nitrogens is 2. The summed E-state index contributed by atoms with van der Waals surface area (Å²) in [5.74, 6) is -0.227. The molecule has 0 aliphatic heterocycles. The van der Waals surface area contributed by atoms with E-state index in [0.29, 0.717) is 16.4 Å². The normalized spacial score (nSPS) is 9.93. The number of aromatic amines is 1. The highest BCUT2D eigenvalue weighted by atomic mass is 35.5. The maximum Gasteiger partial charge on any atom is 0.273 e. The van der Waals surface area contributed by atoms with Crippen LogP contribution < -0.4 is 5.32 Å². The number of hydrogen-bond donors (Lipinski definition) is 2. The predicted molar refractivity (Wildman–Crippen MR) is 58.0 cm³/mol. The van der Waals surface area contributed by atoms with Crippen LogP contribution in [0.15, 0.2) is 36.8 Å². The number of carbonyl (C=O) groups is 1. The first-order valence-electron chi connectivity index (χ1n) is 4.31. The van der Waals surface area contributed by atoms with Crippen molar-refractivity contribution < 1.29 is 4.79 Å². The lowest BCUT2D eigenvalue weighted by molar-refractivity contribution is 0.102. The number of nitrogens with one attached hydrogen (secondary N) is 2. The first-order chi connectivity index (χ1) is 7.25. The molecule has 0 saturated carbocycles. The monoisotopic (exact) mass is 221 g/mol. The molecule has 5 heteroatoms. The molecule has 0 aliphatic carbocycles. The van der Waals surface area contributed by atoms with E-state index in [-0.39, 0.29) is 5.91 Å². The second kappa shape index (κ2) is 4.14. The second-order valence-electron chi connectivity index (χ2n) is 2.93.